The minimum Gasteiger partial charge on any atom is -0.493 e. The number of ether oxygens (including phenoxy) is 2. The number of thiophene rings is 2. The number of nitrogens with zero attached hydrogens (tertiary/aromatic N) is 1. The molecule has 3 saturated heterocycles. The van der Waals surface area contributed by atoms with Crippen molar-refractivity contribution >= 4 is 22.7 Å². The van der Waals surface area contributed by atoms with E-state index in [0.717, 1.165) is 59.2 Å². The quantitative estimate of drug-likeness (QED) is 0.270. The fourth-order valence-corrected chi connectivity index (χ4v) is 6.78. The van der Waals surface area contributed by atoms with Crippen LogP contribution >= 0.6 is 22.7 Å². The molecule has 3 aromatic rings. The van der Waals surface area contributed by atoms with Crippen molar-refractivity contribution in [3.8, 4) is 5.75 Å². The standard InChI is InChI=1S/C25H28NO3S2/c1-19(25(27,23-10-5-14-30-23)24-11-6-15-31-24)29-22-18-26(16-20(22)17-26)12-7-13-28-21-8-3-2-4-9-21/h2-6,8-11,14-15,20,22,27H,1,7,12-13,16-18H2/q+1. The molecular formula is C25H28NO3S2+. The lowest BCUT2D eigenvalue weighted by Crippen LogP contribution is -2.56. The van der Waals surface area contributed by atoms with Gasteiger partial charge in [-0.3, -0.25) is 0 Å². The van der Waals surface area contributed by atoms with E-state index in [1.165, 1.54) is 22.7 Å². The molecule has 4 nitrogen and oxygen atoms in total. The molecule has 0 aliphatic carbocycles. The third-order valence-corrected chi connectivity index (χ3v) is 8.54. The van der Waals surface area contributed by atoms with Gasteiger partial charge in [0, 0.05) is 16.2 Å². The third kappa shape index (κ3) is 3.94. The summed E-state index contributed by atoms with van der Waals surface area (Å²) < 4.78 is 13.4. The van der Waals surface area contributed by atoms with Crippen LogP contribution < -0.4 is 4.74 Å². The minimum atomic E-state index is -1.28. The Labute approximate surface area is 191 Å². The fraction of sp³-hybridized carbons (Fsp3) is 0.360. The summed E-state index contributed by atoms with van der Waals surface area (Å²) in [5.41, 5.74) is -1.28. The Hall–Kier alpha value is -2.12. The fourth-order valence-electron chi connectivity index (χ4n) is 5.00. The highest BCUT2D eigenvalue weighted by molar-refractivity contribution is 7.11. The first kappa shape index (κ1) is 20.8. The van der Waals surface area contributed by atoms with E-state index in [1.54, 1.807) is 0 Å². The van der Waals surface area contributed by atoms with Gasteiger partial charge in [-0.25, -0.2) is 0 Å². The van der Waals surface area contributed by atoms with Crippen LogP contribution in [0.3, 0.4) is 0 Å². The molecule has 6 rings (SSSR count). The molecule has 31 heavy (non-hydrogen) atoms. The third-order valence-electron chi connectivity index (χ3n) is 6.58. The van der Waals surface area contributed by atoms with Gasteiger partial charge in [0.1, 0.15) is 18.1 Å². The lowest BCUT2D eigenvalue weighted by molar-refractivity contribution is -0.949. The molecule has 0 radical (unpaired) electrons. The molecule has 1 aromatic carbocycles. The van der Waals surface area contributed by atoms with Crippen LogP contribution in [0, 0.1) is 5.92 Å². The van der Waals surface area contributed by atoms with E-state index in [-0.39, 0.29) is 6.10 Å². The topological polar surface area (TPSA) is 38.7 Å². The number of hydrogen-bond donors (Lipinski definition) is 1. The number of fused-ring (bicyclic) bond motifs is 1. The van der Waals surface area contributed by atoms with E-state index in [9.17, 15) is 5.11 Å². The average Bonchev–Trinajstić information content (AvgIpc) is 3.55. The Morgan fingerprint density at radius 1 is 1.00 bits per heavy atom. The minimum absolute atomic E-state index is 0.119. The molecule has 0 spiro atoms. The van der Waals surface area contributed by atoms with E-state index in [2.05, 4.69) is 6.58 Å². The molecule has 3 aliphatic rings. The Balaban J connectivity index is 1.18. The summed E-state index contributed by atoms with van der Waals surface area (Å²) >= 11 is 3.07. The predicted molar refractivity (Wildman–Crippen MR) is 125 cm³/mol. The van der Waals surface area contributed by atoms with Crippen molar-refractivity contribution in [2.45, 2.75) is 18.1 Å². The molecule has 0 amide bonds. The maximum Gasteiger partial charge on any atom is 0.190 e. The van der Waals surface area contributed by atoms with E-state index in [1.807, 2.05) is 65.4 Å². The van der Waals surface area contributed by atoms with Crippen LogP contribution in [0.15, 0.2) is 77.7 Å². The van der Waals surface area contributed by atoms with Crippen molar-refractivity contribution in [2.75, 3.05) is 32.8 Å². The smallest absolute Gasteiger partial charge is 0.190 e. The van der Waals surface area contributed by atoms with Gasteiger partial charge in [0.2, 0.25) is 0 Å². The zero-order chi connectivity index (χ0) is 21.3. The summed E-state index contributed by atoms with van der Waals surface area (Å²) in [7, 11) is 0. The molecular weight excluding hydrogens is 426 g/mol. The Kier molecular flexibility index (Phi) is 5.65. The maximum absolute atomic E-state index is 11.7. The first-order valence-corrected chi connectivity index (χ1v) is 12.5. The highest BCUT2D eigenvalue weighted by Crippen LogP contribution is 2.45. The van der Waals surface area contributed by atoms with Gasteiger partial charge in [-0.15, -0.1) is 22.7 Å². The van der Waals surface area contributed by atoms with Crippen LogP contribution in [0.2, 0.25) is 0 Å². The van der Waals surface area contributed by atoms with Gasteiger partial charge in [-0.2, -0.15) is 0 Å². The second kappa shape index (κ2) is 8.43. The van der Waals surface area contributed by atoms with Crippen molar-refractivity contribution in [3.05, 3.63) is 87.4 Å². The lowest BCUT2D eigenvalue weighted by Gasteiger charge is -2.41. The highest BCUT2D eigenvalue weighted by atomic mass is 32.1. The summed E-state index contributed by atoms with van der Waals surface area (Å²) in [6, 6.07) is 17.8. The zero-order valence-corrected chi connectivity index (χ0v) is 19.1. The Bertz CT molecular complexity index is 961. The normalized spacial score (nSPS) is 24.5. The first-order chi connectivity index (χ1) is 15.1. The Morgan fingerprint density at radius 3 is 2.29 bits per heavy atom. The van der Waals surface area contributed by atoms with Crippen LogP contribution in [0.25, 0.3) is 0 Å². The molecule has 1 N–H and O–H groups in total. The van der Waals surface area contributed by atoms with Gasteiger partial charge in [0.05, 0.1) is 32.2 Å². The number of quaternary nitrogens is 1. The monoisotopic (exact) mass is 454 g/mol. The molecule has 2 bridgehead atoms. The van der Waals surface area contributed by atoms with Crippen molar-refractivity contribution in [1.82, 2.24) is 0 Å². The second-order valence-corrected chi connectivity index (χ2v) is 10.5. The van der Waals surface area contributed by atoms with Crippen LogP contribution in [-0.2, 0) is 10.3 Å². The molecule has 5 heterocycles. The summed E-state index contributed by atoms with van der Waals surface area (Å²) in [4.78, 5) is 1.71. The van der Waals surface area contributed by atoms with Gasteiger partial charge in [0.25, 0.3) is 0 Å². The van der Waals surface area contributed by atoms with E-state index in [0.29, 0.717) is 11.7 Å². The van der Waals surface area contributed by atoms with Gasteiger partial charge in [-0.05, 0) is 35.0 Å². The molecule has 3 fully saturated rings. The predicted octanol–water partition coefficient (Wildman–Crippen LogP) is 4.87. The van der Waals surface area contributed by atoms with E-state index >= 15 is 0 Å². The van der Waals surface area contributed by atoms with Crippen molar-refractivity contribution in [3.63, 3.8) is 0 Å². The van der Waals surface area contributed by atoms with Gasteiger partial charge in [0.15, 0.2) is 11.7 Å². The number of para-hydroxylation sites is 1. The molecule has 1 unspecified atom stereocenters. The number of hydrogen-bond acceptors (Lipinski definition) is 5. The average molecular weight is 455 g/mol. The van der Waals surface area contributed by atoms with Gasteiger partial charge >= 0.3 is 0 Å². The molecule has 1 atom stereocenters. The molecule has 2 aromatic heterocycles. The van der Waals surface area contributed by atoms with Gasteiger partial charge in [-0.1, -0.05) is 36.9 Å². The Morgan fingerprint density at radius 2 is 1.68 bits per heavy atom. The summed E-state index contributed by atoms with van der Waals surface area (Å²) in [5, 5.41) is 15.6. The van der Waals surface area contributed by atoms with Gasteiger partial charge < -0.3 is 19.1 Å². The largest absolute Gasteiger partial charge is 0.493 e. The molecule has 3 aliphatic heterocycles. The van der Waals surface area contributed by atoms with Crippen LogP contribution in [0.1, 0.15) is 16.2 Å². The number of aliphatic hydroxyl groups is 1. The van der Waals surface area contributed by atoms with Crippen LogP contribution in [0.4, 0.5) is 0 Å². The van der Waals surface area contributed by atoms with Crippen LogP contribution in [0.5, 0.6) is 5.75 Å². The maximum atomic E-state index is 11.7. The summed E-state index contributed by atoms with van der Waals surface area (Å²) in [6.45, 7) is 9.34. The second-order valence-electron chi connectivity index (χ2n) is 8.63. The molecule has 162 valence electrons. The number of rotatable bonds is 10. The summed E-state index contributed by atoms with van der Waals surface area (Å²) in [6.07, 6.45) is 1.15. The van der Waals surface area contributed by atoms with Crippen molar-refractivity contribution < 1.29 is 19.1 Å². The SMILES string of the molecule is C=C(OC1C[N+]2(CCCOc3ccccc3)CC1C2)C(O)(c1cccs1)c1cccs1. The van der Waals surface area contributed by atoms with E-state index < -0.39 is 5.60 Å². The lowest BCUT2D eigenvalue weighted by atomic mass is 9.96. The number of benzene rings is 1. The van der Waals surface area contributed by atoms with E-state index in [4.69, 9.17) is 9.47 Å². The molecule has 0 saturated carbocycles. The highest BCUT2D eigenvalue weighted by Gasteiger charge is 2.59. The first-order valence-electron chi connectivity index (χ1n) is 10.8. The van der Waals surface area contributed by atoms with Crippen molar-refractivity contribution in [1.29, 1.82) is 0 Å². The zero-order valence-electron chi connectivity index (χ0n) is 17.5. The van der Waals surface area contributed by atoms with Crippen LogP contribution in [-0.4, -0.2) is 48.5 Å². The molecule has 6 heteroatoms. The van der Waals surface area contributed by atoms with Crippen molar-refractivity contribution in [2.24, 2.45) is 5.92 Å². The summed E-state index contributed by atoms with van der Waals surface area (Å²) in [5.74, 6) is 1.92.